The van der Waals surface area contributed by atoms with Gasteiger partial charge in [-0.3, -0.25) is 14.3 Å². The van der Waals surface area contributed by atoms with Gasteiger partial charge in [0.25, 0.3) is 5.56 Å². The summed E-state index contributed by atoms with van der Waals surface area (Å²) in [5.41, 5.74) is -0.601. The van der Waals surface area contributed by atoms with Gasteiger partial charge in [-0.15, -0.1) is 0 Å². The molecule has 2 aromatic rings. The fourth-order valence-electron chi connectivity index (χ4n) is 3.33. The number of nitrogens with one attached hydrogen (secondary N) is 1. The third-order valence-corrected chi connectivity index (χ3v) is 5.06. The molecule has 1 aliphatic rings. The zero-order valence-electron chi connectivity index (χ0n) is 12.2. The minimum Gasteiger partial charge on any atom is -0.379 e. The van der Waals surface area contributed by atoms with E-state index >= 15 is 0 Å². The molecular formula is C16H17BrN2O3. The highest BCUT2D eigenvalue weighted by Crippen LogP contribution is 2.44. The van der Waals surface area contributed by atoms with Gasteiger partial charge in [-0.25, -0.2) is 4.79 Å². The van der Waals surface area contributed by atoms with E-state index in [-0.39, 0.29) is 6.04 Å². The number of alkyl halides is 1. The summed E-state index contributed by atoms with van der Waals surface area (Å²) in [6, 6.07) is 9.01. The van der Waals surface area contributed by atoms with Gasteiger partial charge in [0.15, 0.2) is 0 Å². The van der Waals surface area contributed by atoms with Crippen LogP contribution in [0.4, 0.5) is 0 Å². The van der Waals surface area contributed by atoms with Crippen LogP contribution in [-0.2, 0) is 12.0 Å². The van der Waals surface area contributed by atoms with E-state index in [1.54, 1.807) is 0 Å². The van der Waals surface area contributed by atoms with Crippen LogP contribution in [0, 0.1) is 0 Å². The summed E-state index contributed by atoms with van der Waals surface area (Å²) in [5.74, 6) is 0. The molecule has 116 valence electrons. The Bertz CT molecular complexity index is 812. The average molecular weight is 365 g/mol. The molecule has 0 amide bonds. The van der Waals surface area contributed by atoms with Crippen molar-refractivity contribution in [2.45, 2.75) is 31.4 Å². The molecule has 3 rings (SSSR count). The summed E-state index contributed by atoms with van der Waals surface area (Å²) in [6.45, 7) is 1.85. The van der Waals surface area contributed by atoms with Gasteiger partial charge in [0, 0.05) is 17.3 Å². The molecule has 0 saturated carbocycles. The standard InChI is InChI=1S/C16H17BrN2O3/c1-2-12-13-16(22,10-6-4-3-5-7-10)8-11(9-17)19(13)15(21)18-14(12)20/h3-7,11,22H,2,8-9H2,1H3,(H,18,20,21)/t11-,16-/m1/s1. The smallest absolute Gasteiger partial charge is 0.328 e. The normalized spacial score (nSPS) is 23.5. The predicted molar refractivity (Wildman–Crippen MR) is 87.6 cm³/mol. The summed E-state index contributed by atoms with van der Waals surface area (Å²) < 4.78 is 1.53. The lowest BCUT2D eigenvalue weighted by Gasteiger charge is -2.25. The molecule has 0 bridgehead atoms. The largest absolute Gasteiger partial charge is 0.379 e. The van der Waals surface area contributed by atoms with Crippen LogP contribution < -0.4 is 11.2 Å². The Morgan fingerprint density at radius 3 is 2.64 bits per heavy atom. The van der Waals surface area contributed by atoms with E-state index in [0.717, 1.165) is 0 Å². The summed E-state index contributed by atoms with van der Waals surface area (Å²) >= 11 is 3.41. The molecular weight excluding hydrogens is 348 g/mol. The number of aliphatic hydroxyl groups is 1. The highest BCUT2D eigenvalue weighted by atomic mass is 79.9. The maximum atomic E-state index is 12.3. The predicted octanol–water partition coefficient (Wildman–Crippen LogP) is 1.67. The second kappa shape index (κ2) is 5.52. The molecule has 1 aromatic carbocycles. The van der Waals surface area contributed by atoms with Crippen molar-refractivity contribution in [3.63, 3.8) is 0 Å². The van der Waals surface area contributed by atoms with Gasteiger partial charge in [0.05, 0.1) is 11.7 Å². The molecule has 1 aromatic heterocycles. The Hall–Kier alpha value is -1.66. The summed E-state index contributed by atoms with van der Waals surface area (Å²) in [4.78, 5) is 26.8. The topological polar surface area (TPSA) is 75.1 Å². The first-order valence-corrected chi connectivity index (χ1v) is 8.37. The Kier molecular flexibility index (Phi) is 3.82. The lowest BCUT2D eigenvalue weighted by atomic mass is 9.86. The number of hydrogen-bond acceptors (Lipinski definition) is 3. The van der Waals surface area contributed by atoms with Gasteiger partial charge in [0.1, 0.15) is 5.60 Å². The number of aromatic amines is 1. The molecule has 0 aliphatic carbocycles. The average Bonchev–Trinajstić information content (AvgIpc) is 2.84. The van der Waals surface area contributed by atoms with Gasteiger partial charge in [-0.1, -0.05) is 53.2 Å². The van der Waals surface area contributed by atoms with E-state index < -0.39 is 16.9 Å². The number of rotatable bonds is 3. The van der Waals surface area contributed by atoms with Crippen LogP contribution in [0.15, 0.2) is 39.9 Å². The number of aromatic nitrogens is 2. The number of nitrogens with zero attached hydrogens (tertiary/aromatic N) is 1. The summed E-state index contributed by atoms with van der Waals surface area (Å²) in [7, 11) is 0. The van der Waals surface area contributed by atoms with E-state index in [0.29, 0.717) is 35.0 Å². The highest BCUT2D eigenvalue weighted by molar-refractivity contribution is 9.09. The number of halogens is 1. The lowest BCUT2D eigenvalue weighted by Crippen LogP contribution is -2.37. The SMILES string of the molecule is CCc1c2n(c(=O)[nH]c1=O)[C@@H](CBr)C[C@@]2(O)c1ccccc1. The fraction of sp³-hybridized carbons (Fsp3) is 0.375. The molecule has 0 radical (unpaired) electrons. The maximum Gasteiger partial charge on any atom is 0.328 e. The van der Waals surface area contributed by atoms with Crippen molar-refractivity contribution in [2.24, 2.45) is 0 Å². The van der Waals surface area contributed by atoms with Gasteiger partial charge >= 0.3 is 5.69 Å². The molecule has 6 heteroatoms. The first kappa shape index (κ1) is 15.2. The van der Waals surface area contributed by atoms with Gasteiger partial charge in [0.2, 0.25) is 0 Å². The van der Waals surface area contributed by atoms with Crippen molar-refractivity contribution in [1.82, 2.24) is 9.55 Å². The maximum absolute atomic E-state index is 12.3. The van der Waals surface area contributed by atoms with Crippen LogP contribution in [0.3, 0.4) is 0 Å². The van der Waals surface area contributed by atoms with Crippen molar-refractivity contribution < 1.29 is 5.11 Å². The summed E-state index contributed by atoms with van der Waals surface area (Å²) in [5, 5.41) is 11.9. The van der Waals surface area contributed by atoms with E-state index in [2.05, 4.69) is 20.9 Å². The van der Waals surface area contributed by atoms with Crippen molar-refractivity contribution in [3.8, 4) is 0 Å². The zero-order chi connectivity index (χ0) is 15.9. The molecule has 2 N–H and O–H groups in total. The Balaban J connectivity index is 2.38. The molecule has 2 atom stereocenters. The molecule has 22 heavy (non-hydrogen) atoms. The molecule has 2 heterocycles. The second-order valence-corrected chi connectivity index (χ2v) is 6.20. The van der Waals surface area contributed by atoms with Crippen LogP contribution >= 0.6 is 15.9 Å². The zero-order valence-corrected chi connectivity index (χ0v) is 13.8. The Labute approximate surface area is 135 Å². The number of hydrogen-bond donors (Lipinski definition) is 2. The Morgan fingerprint density at radius 1 is 1.36 bits per heavy atom. The quantitative estimate of drug-likeness (QED) is 0.813. The van der Waals surface area contributed by atoms with Crippen molar-refractivity contribution in [3.05, 3.63) is 68.0 Å². The van der Waals surface area contributed by atoms with Crippen LogP contribution in [0.5, 0.6) is 0 Å². The van der Waals surface area contributed by atoms with Crippen LogP contribution in [0.25, 0.3) is 0 Å². The van der Waals surface area contributed by atoms with Crippen molar-refractivity contribution in [1.29, 1.82) is 0 Å². The van der Waals surface area contributed by atoms with E-state index in [1.807, 2.05) is 37.3 Å². The highest BCUT2D eigenvalue weighted by Gasteiger charge is 2.46. The molecule has 0 fully saturated rings. The van der Waals surface area contributed by atoms with E-state index in [1.165, 1.54) is 4.57 Å². The Morgan fingerprint density at radius 2 is 2.05 bits per heavy atom. The number of fused-ring (bicyclic) bond motifs is 1. The lowest BCUT2D eigenvalue weighted by molar-refractivity contribution is 0.0778. The van der Waals surface area contributed by atoms with Crippen molar-refractivity contribution >= 4 is 15.9 Å². The van der Waals surface area contributed by atoms with Gasteiger partial charge < -0.3 is 5.11 Å². The number of H-pyrrole nitrogens is 1. The summed E-state index contributed by atoms with van der Waals surface area (Å²) in [6.07, 6.45) is 0.816. The molecule has 5 nitrogen and oxygen atoms in total. The molecule has 0 saturated heterocycles. The third-order valence-electron chi connectivity index (χ3n) is 4.31. The second-order valence-electron chi connectivity index (χ2n) is 5.55. The molecule has 0 unspecified atom stereocenters. The third kappa shape index (κ3) is 2.09. The van der Waals surface area contributed by atoms with Gasteiger partial charge in [-0.2, -0.15) is 0 Å². The van der Waals surface area contributed by atoms with Crippen LogP contribution in [0.2, 0.25) is 0 Å². The first-order valence-electron chi connectivity index (χ1n) is 7.25. The van der Waals surface area contributed by atoms with Crippen molar-refractivity contribution in [2.75, 3.05) is 5.33 Å². The van der Waals surface area contributed by atoms with E-state index in [9.17, 15) is 14.7 Å². The minimum atomic E-state index is -1.32. The minimum absolute atomic E-state index is 0.199. The fourth-order valence-corrected chi connectivity index (χ4v) is 3.85. The van der Waals surface area contributed by atoms with Crippen LogP contribution in [0.1, 0.15) is 36.2 Å². The molecule has 1 aliphatic heterocycles. The number of benzene rings is 1. The molecule has 0 spiro atoms. The van der Waals surface area contributed by atoms with Crippen LogP contribution in [-0.4, -0.2) is 20.0 Å². The van der Waals surface area contributed by atoms with Gasteiger partial charge in [-0.05, 0) is 12.0 Å². The first-order chi connectivity index (χ1) is 10.5. The van der Waals surface area contributed by atoms with E-state index in [4.69, 9.17) is 0 Å². The monoisotopic (exact) mass is 364 g/mol.